The lowest BCUT2D eigenvalue weighted by atomic mass is 10.2. The van der Waals surface area contributed by atoms with Gasteiger partial charge in [-0.2, -0.15) is 0 Å². The first kappa shape index (κ1) is 21.9. The number of benzene rings is 3. The van der Waals surface area contributed by atoms with E-state index in [0.717, 1.165) is 27.8 Å². The van der Waals surface area contributed by atoms with E-state index in [-0.39, 0.29) is 18.5 Å². The maximum absolute atomic E-state index is 13.4. The Balaban J connectivity index is 1.33. The topological polar surface area (TPSA) is 80.7 Å². The van der Waals surface area contributed by atoms with Crippen molar-refractivity contribution >= 4 is 45.7 Å². The summed E-state index contributed by atoms with van der Waals surface area (Å²) < 4.78 is 24.7. The van der Waals surface area contributed by atoms with Crippen molar-refractivity contribution in [2.75, 3.05) is 17.2 Å². The van der Waals surface area contributed by atoms with Gasteiger partial charge in [0.25, 0.3) is 6.02 Å². The molecule has 34 heavy (non-hydrogen) atoms. The summed E-state index contributed by atoms with van der Waals surface area (Å²) in [6.45, 7) is 2.77. The zero-order valence-corrected chi connectivity index (χ0v) is 19.0. The maximum atomic E-state index is 13.4. The van der Waals surface area contributed by atoms with E-state index in [4.69, 9.17) is 21.1 Å². The minimum atomic E-state index is -0.305. The van der Waals surface area contributed by atoms with Crippen LogP contribution in [0, 0.1) is 5.82 Å². The van der Waals surface area contributed by atoms with Crippen molar-refractivity contribution in [3.8, 4) is 5.75 Å². The minimum absolute atomic E-state index is 0.133. The lowest BCUT2D eigenvalue weighted by molar-refractivity contribution is 0.306. The molecule has 0 aliphatic carbocycles. The van der Waals surface area contributed by atoms with Crippen LogP contribution < -0.4 is 15.4 Å². The van der Waals surface area contributed by atoms with Crippen molar-refractivity contribution in [1.29, 1.82) is 0 Å². The van der Waals surface area contributed by atoms with E-state index in [1.807, 2.05) is 31.2 Å². The van der Waals surface area contributed by atoms with Crippen molar-refractivity contribution in [3.63, 3.8) is 0 Å². The summed E-state index contributed by atoms with van der Waals surface area (Å²) in [7, 11) is 0. The van der Waals surface area contributed by atoms with E-state index < -0.39 is 0 Å². The molecule has 1 unspecified atom stereocenters. The maximum Gasteiger partial charge on any atom is 0.289 e. The monoisotopic (exact) mass is 477 g/mol. The Kier molecular flexibility index (Phi) is 6.14. The predicted molar refractivity (Wildman–Crippen MR) is 131 cm³/mol. The first-order chi connectivity index (χ1) is 16.5. The van der Waals surface area contributed by atoms with Gasteiger partial charge in [0.05, 0.1) is 16.6 Å². The first-order valence-corrected chi connectivity index (χ1v) is 11.1. The van der Waals surface area contributed by atoms with Crippen LogP contribution in [0.1, 0.15) is 12.5 Å². The Bertz CT molecular complexity index is 1380. The highest BCUT2D eigenvalue weighted by atomic mass is 35.5. The van der Waals surface area contributed by atoms with Gasteiger partial charge in [0.1, 0.15) is 36.9 Å². The fraction of sp³-hybridized carbons (Fsp3) is 0.160. The van der Waals surface area contributed by atoms with Crippen LogP contribution in [-0.4, -0.2) is 28.6 Å². The standard InChI is InChI=1S/C25H21ClFN5O2/c1-15-12-34-25(30-15)32-18-5-7-22-20(10-18)24(29-14-28-22)31-19-6-8-23(21(26)11-19)33-13-16-3-2-4-17(27)9-16/h2-11,14-15H,12-13H2,1H3,(H,30,32)(H,28,29,31). The molecular weight excluding hydrogens is 457 g/mol. The largest absolute Gasteiger partial charge is 0.487 e. The van der Waals surface area contributed by atoms with Crippen molar-refractivity contribution in [1.82, 2.24) is 9.97 Å². The molecule has 2 N–H and O–H groups in total. The number of hydrogen-bond acceptors (Lipinski definition) is 7. The molecule has 0 spiro atoms. The highest BCUT2D eigenvalue weighted by molar-refractivity contribution is 6.32. The molecule has 0 fully saturated rings. The van der Waals surface area contributed by atoms with Crippen molar-refractivity contribution < 1.29 is 13.9 Å². The number of hydrogen-bond donors (Lipinski definition) is 2. The molecule has 0 amide bonds. The van der Waals surface area contributed by atoms with E-state index in [1.165, 1.54) is 18.5 Å². The number of anilines is 3. The number of aliphatic imine (C=N–C) groups is 1. The molecule has 5 rings (SSSR count). The zero-order chi connectivity index (χ0) is 23.5. The molecule has 0 saturated carbocycles. The van der Waals surface area contributed by atoms with Crippen LogP contribution in [0.15, 0.2) is 72.0 Å². The van der Waals surface area contributed by atoms with Gasteiger partial charge in [0, 0.05) is 16.8 Å². The number of rotatable bonds is 6. The fourth-order valence-corrected chi connectivity index (χ4v) is 3.76. The van der Waals surface area contributed by atoms with E-state index in [0.29, 0.717) is 29.2 Å². The van der Waals surface area contributed by atoms with Crippen LogP contribution in [0.3, 0.4) is 0 Å². The van der Waals surface area contributed by atoms with Crippen LogP contribution >= 0.6 is 11.6 Å². The van der Waals surface area contributed by atoms with Gasteiger partial charge in [0.15, 0.2) is 0 Å². The van der Waals surface area contributed by atoms with Gasteiger partial charge in [-0.15, -0.1) is 0 Å². The van der Waals surface area contributed by atoms with Gasteiger partial charge < -0.3 is 20.1 Å². The van der Waals surface area contributed by atoms with Gasteiger partial charge in [0.2, 0.25) is 0 Å². The normalized spacial score (nSPS) is 15.0. The predicted octanol–water partition coefficient (Wildman–Crippen LogP) is 5.93. The molecule has 2 heterocycles. The SMILES string of the molecule is CC1COC(Nc2ccc3ncnc(Nc4ccc(OCc5cccc(F)c5)c(Cl)c4)c3c2)=N1. The molecule has 1 aromatic heterocycles. The number of nitrogens with zero attached hydrogens (tertiary/aromatic N) is 3. The third kappa shape index (κ3) is 5.02. The van der Waals surface area contributed by atoms with Crippen molar-refractivity contribution in [3.05, 3.63) is 83.4 Å². The molecule has 7 nitrogen and oxygen atoms in total. The number of halogens is 2. The smallest absolute Gasteiger partial charge is 0.289 e. The molecular formula is C25H21ClFN5O2. The summed E-state index contributed by atoms with van der Waals surface area (Å²) in [6.07, 6.45) is 1.50. The highest BCUT2D eigenvalue weighted by Gasteiger charge is 2.15. The number of nitrogens with one attached hydrogen (secondary N) is 2. The number of aromatic nitrogens is 2. The molecule has 4 aromatic rings. The molecule has 1 aliphatic rings. The summed E-state index contributed by atoms with van der Waals surface area (Å²) in [5, 5.41) is 7.72. The number of amidine groups is 1. The Morgan fingerprint density at radius 2 is 1.91 bits per heavy atom. The molecule has 0 bridgehead atoms. The quantitative estimate of drug-likeness (QED) is 0.358. The molecule has 9 heteroatoms. The van der Waals surface area contributed by atoms with Crippen LogP contribution in [0.25, 0.3) is 10.9 Å². The average molecular weight is 478 g/mol. The van der Waals surface area contributed by atoms with E-state index in [2.05, 4.69) is 25.6 Å². The van der Waals surface area contributed by atoms with Crippen molar-refractivity contribution in [2.24, 2.45) is 4.99 Å². The van der Waals surface area contributed by atoms with Crippen LogP contribution in [-0.2, 0) is 11.3 Å². The number of ether oxygens (including phenoxy) is 2. The third-order valence-corrected chi connectivity index (χ3v) is 5.46. The van der Waals surface area contributed by atoms with Gasteiger partial charge in [-0.1, -0.05) is 23.7 Å². The lowest BCUT2D eigenvalue weighted by Crippen LogP contribution is -2.11. The second-order valence-corrected chi connectivity index (χ2v) is 8.27. The summed E-state index contributed by atoms with van der Waals surface area (Å²) in [4.78, 5) is 13.2. The second kappa shape index (κ2) is 9.52. The third-order valence-electron chi connectivity index (χ3n) is 5.16. The van der Waals surface area contributed by atoms with Crippen LogP contribution in [0.5, 0.6) is 5.75 Å². The lowest BCUT2D eigenvalue weighted by Gasteiger charge is -2.13. The summed E-state index contributed by atoms with van der Waals surface area (Å²) in [6, 6.07) is 18.0. The van der Waals surface area contributed by atoms with E-state index in [1.54, 1.807) is 24.3 Å². The zero-order valence-electron chi connectivity index (χ0n) is 18.3. The van der Waals surface area contributed by atoms with Crippen molar-refractivity contribution in [2.45, 2.75) is 19.6 Å². The Morgan fingerprint density at radius 1 is 1.06 bits per heavy atom. The van der Waals surface area contributed by atoms with E-state index in [9.17, 15) is 4.39 Å². The van der Waals surface area contributed by atoms with Gasteiger partial charge in [-0.3, -0.25) is 0 Å². The first-order valence-electron chi connectivity index (χ1n) is 10.7. The van der Waals surface area contributed by atoms with Gasteiger partial charge in [-0.05, 0) is 61.0 Å². The Labute approximate surface area is 200 Å². The molecule has 0 radical (unpaired) electrons. The molecule has 3 aromatic carbocycles. The molecule has 172 valence electrons. The average Bonchev–Trinajstić information content (AvgIpc) is 3.23. The molecule has 1 aliphatic heterocycles. The minimum Gasteiger partial charge on any atom is -0.487 e. The fourth-order valence-electron chi connectivity index (χ4n) is 3.52. The Morgan fingerprint density at radius 3 is 2.71 bits per heavy atom. The summed E-state index contributed by atoms with van der Waals surface area (Å²) >= 11 is 6.43. The van der Waals surface area contributed by atoms with Crippen LogP contribution in [0.4, 0.5) is 21.6 Å². The Hall–Kier alpha value is -3.91. The summed E-state index contributed by atoms with van der Waals surface area (Å²) in [5.74, 6) is 0.823. The van der Waals surface area contributed by atoms with Crippen LogP contribution in [0.2, 0.25) is 5.02 Å². The highest BCUT2D eigenvalue weighted by Crippen LogP contribution is 2.31. The van der Waals surface area contributed by atoms with Gasteiger partial charge in [-0.25, -0.2) is 19.4 Å². The number of fused-ring (bicyclic) bond motifs is 1. The van der Waals surface area contributed by atoms with Gasteiger partial charge >= 0.3 is 0 Å². The molecule has 1 atom stereocenters. The summed E-state index contributed by atoms with van der Waals surface area (Å²) in [5.41, 5.74) is 3.06. The van der Waals surface area contributed by atoms with E-state index >= 15 is 0 Å². The molecule has 0 saturated heterocycles. The second-order valence-electron chi connectivity index (χ2n) is 7.86.